The number of fused-ring (bicyclic) bond motifs is 1. The molecule has 0 radical (unpaired) electrons. The maximum absolute atomic E-state index is 3.82. The molecule has 1 N–H and O–H groups in total. The lowest BCUT2D eigenvalue weighted by molar-refractivity contribution is 0.0379. The Bertz CT molecular complexity index is 268. The average molecular weight is 250 g/mol. The van der Waals surface area contributed by atoms with Gasteiger partial charge < -0.3 is 5.32 Å². The lowest BCUT2D eigenvalue weighted by atomic mass is 9.77. The molecule has 2 aliphatic heterocycles. The first-order valence-electron chi connectivity index (χ1n) is 8.32. The molecule has 3 rings (SSSR count). The van der Waals surface area contributed by atoms with Crippen molar-refractivity contribution in [1.29, 1.82) is 0 Å². The van der Waals surface area contributed by atoms with Crippen molar-refractivity contribution in [2.24, 2.45) is 5.92 Å². The summed E-state index contributed by atoms with van der Waals surface area (Å²) >= 11 is 0. The zero-order chi connectivity index (χ0) is 12.4. The fourth-order valence-electron chi connectivity index (χ4n) is 4.73. The summed E-state index contributed by atoms with van der Waals surface area (Å²) in [6, 6.07) is 0.929. The van der Waals surface area contributed by atoms with Crippen molar-refractivity contribution in [3.63, 3.8) is 0 Å². The van der Waals surface area contributed by atoms with Gasteiger partial charge in [0.15, 0.2) is 0 Å². The molecule has 0 spiro atoms. The van der Waals surface area contributed by atoms with E-state index >= 15 is 0 Å². The molecule has 0 bridgehead atoms. The number of likely N-dealkylation sites (tertiary alicyclic amines) is 1. The van der Waals surface area contributed by atoms with Crippen molar-refractivity contribution in [1.82, 2.24) is 10.2 Å². The number of hydrogen-bond donors (Lipinski definition) is 1. The van der Waals surface area contributed by atoms with Crippen LogP contribution >= 0.6 is 0 Å². The molecule has 0 aromatic rings. The minimum absolute atomic E-state index is 0.458. The van der Waals surface area contributed by atoms with E-state index in [2.05, 4.69) is 17.1 Å². The number of nitrogens with one attached hydrogen (secondary N) is 1. The monoisotopic (exact) mass is 250 g/mol. The van der Waals surface area contributed by atoms with Gasteiger partial charge >= 0.3 is 0 Å². The zero-order valence-corrected chi connectivity index (χ0v) is 12.1. The van der Waals surface area contributed by atoms with E-state index in [1.165, 1.54) is 77.4 Å². The molecule has 104 valence electrons. The van der Waals surface area contributed by atoms with E-state index in [0.29, 0.717) is 5.54 Å². The molecular weight excluding hydrogens is 220 g/mol. The van der Waals surface area contributed by atoms with E-state index in [1.54, 1.807) is 0 Å². The van der Waals surface area contributed by atoms with Crippen LogP contribution in [0.2, 0.25) is 0 Å². The molecule has 2 nitrogen and oxygen atoms in total. The third-order valence-corrected chi connectivity index (χ3v) is 5.87. The molecule has 1 unspecified atom stereocenters. The first-order chi connectivity index (χ1) is 8.83. The van der Waals surface area contributed by atoms with Crippen LogP contribution in [0.15, 0.2) is 0 Å². The van der Waals surface area contributed by atoms with Crippen LogP contribution < -0.4 is 5.32 Å². The summed E-state index contributed by atoms with van der Waals surface area (Å²) in [6.07, 6.45) is 13.0. The predicted octanol–water partition coefficient (Wildman–Crippen LogP) is 3.17. The Labute approximate surface area is 113 Å². The highest BCUT2D eigenvalue weighted by atomic mass is 15.2. The first-order valence-corrected chi connectivity index (χ1v) is 8.32. The quantitative estimate of drug-likeness (QED) is 0.827. The van der Waals surface area contributed by atoms with E-state index in [0.717, 1.165) is 12.0 Å². The van der Waals surface area contributed by atoms with Crippen molar-refractivity contribution >= 4 is 0 Å². The number of rotatable bonds is 3. The fourth-order valence-corrected chi connectivity index (χ4v) is 4.73. The van der Waals surface area contributed by atoms with Crippen molar-refractivity contribution in [3.8, 4) is 0 Å². The minimum Gasteiger partial charge on any atom is -0.310 e. The lowest BCUT2D eigenvalue weighted by Gasteiger charge is -2.47. The second-order valence-electron chi connectivity index (χ2n) is 6.89. The Morgan fingerprint density at radius 3 is 2.72 bits per heavy atom. The summed E-state index contributed by atoms with van der Waals surface area (Å²) in [4.78, 5) is 2.87. The van der Waals surface area contributed by atoms with E-state index < -0.39 is 0 Å². The molecule has 3 fully saturated rings. The van der Waals surface area contributed by atoms with Gasteiger partial charge in [-0.1, -0.05) is 19.8 Å². The SMILES string of the molecule is CCC1(CN2CCC[C@H]3CCCC[C@H]32)CCCN1. The Morgan fingerprint density at radius 1 is 1.11 bits per heavy atom. The van der Waals surface area contributed by atoms with Gasteiger partial charge in [0.2, 0.25) is 0 Å². The van der Waals surface area contributed by atoms with Crippen LogP contribution in [-0.4, -0.2) is 36.1 Å². The van der Waals surface area contributed by atoms with Crippen LogP contribution in [0.4, 0.5) is 0 Å². The van der Waals surface area contributed by atoms with Gasteiger partial charge in [-0.25, -0.2) is 0 Å². The highest BCUT2D eigenvalue weighted by molar-refractivity contribution is 4.98. The summed E-state index contributed by atoms with van der Waals surface area (Å²) in [6.45, 7) is 6.31. The Hall–Kier alpha value is -0.0800. The maximum atomic E-state index is 3.82. The number of nitrogens with zero attached hydrogens (tertiary/aromatic N) is 1. The molecule has 1 saturated carbocycles. The predicted molar refractivity (Wildman–Crippen MR) is 76.8 cm³/mol. The first kappa shape index (κ1) is 12.9. The van der Waals surface area contributed by atoms with Crippen molar-refractivity contribution in [2.45, 2.75) is 76.3 Å². The van der Waals surface area contributed by atoms with Crippen LogP contribution in [0.1, 0.15) is 64.7 Å². The van der Waals surface area contributed by atoms with Crippen molar-refractivity contribution < 1.29 is 0 Å². The van der Waals surface area contributed by atoms with Gasteiger partial charge in [-0.15, -0.1) is 0 Å². The second kappa shape index (κ2) is 5.50. The lowest BCUT2D eigenvalue weighted by Crippen LogP contribution is -2.56. The molecule has 3 aliphatic rings. The molecule has 2 saturated heterocycles. The van der Waals surface area contributed by atoms with Crippen LogP contribution in [0, 0.1) is 5.92 Å². The maximum Gasteiger partial charge on any atom is 0.0306 e. The van der Waals surface area contributed by atoms with Gasteiger partial charge in [-0.05, 0) is 64.0 Å². The number of piperidine rings is 1. The molecule has 0 aromatic carbocycles. The van der Waals surface area contributed by atoms with E-state index in [1.807, 2.05) is 0 Å². The molecular formula is C16H30N2. The molecule has 2 heterocycles. The van der Waals surface area contributed by atoms with Gasteiger partial charge in [0.1, 0.15) is 0 Å². The van der Waals surface area contributed by atoms with E-state index in [9.17, 15) is 0 Å². The normalized spacial score (nSPS) is 41.8. The van der Waals surface area contributed by atoms with Gasteiger partial charge in [0.05, 0.1) is 0 Å². The van der Waals surface area contributed by atoms with E-state index in [4.69, 9.17) is 0 Å². The Kier molecular flexibility index (Phi) is 3.95. The minimum atomic E-state index is 0.458. The topological polar surface area (TPSA) is 15.3 Å². The summed E-state index contributed by atoms with van der Waals surface area (Å²) in [5, 5.41) is 3.82. The summed E-state index contributed by atoms with van der Waals surface area (Å²) in [7, 11) is 0. The van der Waals surface area contributed by atoms with Crippen LogP contribution in [0.5, 0.6) is 0 Å². The molecule has 0 aromatic heterocycles. The Balaban J connectivity index is 1.66. The van der Waals surface area contributed by atoms with Gasteiger partial charge in [0, 0.05) is 18.1 Å². The van der Waals surface area contributed by atoms with Crippen molar-refractivity contribution in [3.05, 3.63) is 0 Å². The molecule has 18 heavy (non-hydrogen) atoms. The molecule has 1 aliphatic carbocycles. The van der Waals surface area contributed by atoms with Crippen molar-refractivity contribution in [2.75, 3.05) is 19.6 Å². The summed E-state index contributed by atoms with van der Waals surface area (Å²) in [5.74, 6) is 1.03. The summed E-state index contributed by atoms with van der Waals surface area (Å²) in [5.41, 5.74) is 0.458. The largest absolute Gasteiger partial charge is 0.310 e. The smallest absolute Gasteiger partial charge is 0.0306 e. The summed E-state index contributed by atoms with van der Waals surface area (Å²) < 4.78 is 0. The van der Waals surface area contributed by atoms with Crippen LogP contribution in [-0.2, 0) is 0 Å². The third kappa shape index (κ3) is 2.46. The van der Waals surface area contributed by atoms with Crippen LogP contribution in [0.3, 0.4) is 0 Å². The van der Waals surface area contributed by atoms with E-state index in [-0.39, 0.29) is 0 Å². The molecule has 0 amide bonds. The van der Waals surface area contributed by atoms with Gasteiger partial charge in [-0.3, -0.25) is 4.90 Å². The van der Waals surface area contributed by atoms with Gasteiger partial charge in [-0.2, -0.15) is 0 Å². The molecule has 3 atom stereocenters. The van der Waals surface area contributed by atoms with Gasteiger partial charge in [0.25, 0.3) is 0 Å². The van der Waals surface area contributed by atoms with Crippen LogP contribution in [0.25, 0.3) is 0 Å². The average Bonchev–Trinajstić information content (AvgIpc) is 2.88. The third-order valence-electron chi connectivity index (χ3n) is 5.87. The highest BCUT2D eigenvalue weighted by Crippen LogP contribution is 2.37. The number of hydrogen-bond acceptors (Lipinski definition) is 2. The highest BCUT2D eigenvalue weighted by Gasteiger charge is 2.39. The zero-order valence-electron chi connectivity index (χ0n) is 12.1. The standard InChI is InChI=1S/C16H30N2/c1-2-16(10-6-11-17-16)13-18-12-5-8-14-7-3-4-9-15(14)18/h14-15,17H,2-13H2,1H3/t14-,15-,16?/m1/s1. The molecule has 2 heteroatoms. The second-order valence-corrected chi connectivity index (χ2v) is 6.89. The fraction of sp³-hybridized carbons (Fsp3) is 1.00. The Morgan fingerprint density at radius 2 is 1.94 bits per heavy atom.